The molecule has 0 spiro atoms. The van der Waals surface area contributed by atoms with Crippen molar-refractivity contribution in [3.8, 4) is 0 Å². The van der Waals surface area contributed by atoms with Gasteiger partial charge in [0, 0.05) is 16.1 Å². The lowest BCUT2D eigenvalue weighted by molar-refractivity contribution is 0.103. The molecule has 2 N–H and O–H groups in total. The highest BCUT2D eigenvalue weighted by Crippen LogP contribution is 2.17. The number of benzene rings is 2. The number of hydrogen-bond donors (Lipinski definition) is 1. The Morgan fingerprint density at radius 1 is 1.06 bits per heavy atom. The van der Waals surface area contributed by atoms with Crippen molar-refractivity contribution >= 4 is 17.4 Å². The Balaban J connectivity index is 2.36. The lowest BCUT2D eigenvalue weighted by Crippen LogP contribution is -2.09. The summed E-state index contributed by atoms with van der Waals surface area (Å²) in [5.41, 5.74) is 7.90. The highest BCUT2D eigenvalue weighted by Gasteiger charge is 2.12. The van der Waals surface area contributed by atoms with E-state index in [-0.39, 0.29) is 5.78 Å². The van der Waals surface area contributed by atoms with Crippen LogP contribution in [0.2, 0.25) is 5.02 Å². The summed E-state index contributed by atoms with van der Waals surface area (Å²) in [6.45, 7) is 0.533. The van der Waals surface area contributed by atoms with E-state index in [2.05, 4.69) is 0 Å². The molecular weight excluding hydrogens is 246 g/mol. The molecule has 3 heteroatoms. The van der Waals surface area contributed by atoms with E-state index in [9.17, 15) is 4.79 Å². The predicted octanol–water partition coefficient (Wildman–Crippen LogP) is 3.07. The maximum atomic E-state index is 12.4. The number of rotatable bonds is 4. The van der Waals surface area contributed by atoms with Gasteiger partial charge in [-0.2, -0.15) is 0 Å². The Kier molecular flexibility index (Phi) is 4.13. The molecule has 0 amide bonds. The van der Waals surface area contributed by atoms with Crippen LogP contribution in [0, 0.1) is 0 Å². The minimum atomic E-state index is 0.00992. The molecule has 0 fully saturated rings. The molecule has 0 radical (unpaired) electrons. The van der Waals surface area contributed by atoms with Gasteiger partial charge in [-0.05, 0) is 42.8 Å². The molecule has 92 valence electrons. The zero-order chi connectivity index (χ0) is 13.0. The van der Waals surface area contributed by atoms with E-state index in [4.69, 9.17) is 17.3 Å². The molecule has 0 saturated carbocycles. The highest BCUT2D eigenvalue weighted by molar-refractivity contribution is 6.30. The second kappa shape index (κ2) is 5.80. The molecule has 0 aliphatic rings. The van der Waals surface area contributed by atoms with Crippen LogP contribution in [-0.2, 0) is 6.42 Å². The Bertz CT molecular complexity index is 549. The average molecular weight is 260 g/mol. The second-order valence-electron chi connectivity index (χ2n) is 4.03. The van der Waals surface area contributed by atoms with Crippen molar-refractivity contribution in [3.05, 3.63) is 70.2 Å². The van der Waals surface area contributed by atoms with Crippen LogP contribution >= 0.6 is 11.6 Å². The van der Waals surface area contributed by atoms with Gasteiger partial charge >= 0.3 is 0 Å². The lowest BCUT2D eigenvalue weighted by atomic mass is 9.97. The van der Waals surface area contributed by atoms with Crippen molar-refractivity contribution in [2.75, 3.05) is 6.54 Å². The monoisotopic (exact) mass is 259 g/mol. The fraction of sp³-hybridized carbons (Fsp3) is 0.133. The Morgan fingerprint density at radius 2 is 1.72 bits per heavy atom. The van der Waals surface area contributed by atoms with Crippen LogP contribution in [-0.4, -0.2) is 12.3 Å². The van der Waals surface area contributed by atoms with Crippen molar-refractivity contribution in [3.63, 3.8) is 0 Å². The largest absolute Gasteiger partial charge is 0.330 e. The summed E-state index contributed by atoms with van der Waals surface area (Å²) in [5.74, 6) is 0.00992. The second-order valence-corrected chi connectivity index (χ2v) is 4.47. The summed E-state index contributed by atoms with van der Waals surface area (Å²) in [7, 11) is 0. The minimum absolute atomic E-state index is 0.00992. The standard InChI is InChI=1S/C15H14ClNO/c16-13-7-5-12(6-8-13)15(18)14-4-2-1-3-11(14)9-10-17/h1-8H,9-10,17H2. The fourth-order valence-corrected chi connectivity index (χ4v) is 2.00. The first kappa shape index (κ1) is 12.8. The van der Waals surface area contributed by atoms with Crippen molar-refractivity contribution < 1.29 is 4.79 Å². The Labute approximate surface area is 111 Å². The molecule has 2 aromatic rings. The topological polar surface area (TPSA) is 43.1 Å². The van der Waals surface area contributed by atoms with Gasteiger partial charge in [-0.3, -0.25) is 4.79 Å². The molecular formula is C15H14ClNO. The molecule has 0 bridgehead atoms. The third-order valence-corrected chi connectivity index (χ3v) is 3.03. The Morgan fingerprint density at radius 3 is 2.39 bits per heavy atom. The molecule has 0 unspecified atom stereocenters. The molecule has 18 heavy (non-hydrogen) atoms. The number of carbonyl (C=O) groups is 1. The van der Waals surface area contributed by atoms with Crippen LogP contribution in [0.5, 0.6) is 0 Å². The molecule has 0 saturated heterocycles. The number of hydrogen-bond acceptors (Lipinski definition) is 2. The van der Waals surface area contributed by atoms with Crippen LogP contribution in [0.25, 0.3) is 0 Å². The minimum Gasteiger partial charge on any atom is -0.330 e. The predicted molar refractivity (Wildman–Crippen MR) is 74.1 cm³/mol. The van der Waals surface area contributed by atoms with Gasteiger partial charge < -0.3 is 5.73 Å². The number of halogens is 1. The maximum absolute atomic E-state index is 12.4. The van der Waals surface area contributed by atoms with Gasteiger partial charge in [0.25, 0.3) is 0 Å². The van der Waals surface area contributed by atoms with E-state index in [1.165, 1.54) is 0 Å². The van der Waals surface area contributed by atoms with Gasteiger partial charge in [0.1, 0.15) is 0 Å². The zero-order valence-electron chi connectivity index (χ0n) is 9.90. The molecule has 0 atom stereocenters. The molecule has 0 heterocycles. The van der Waals surface area contributed by atoms with E-state index < -0.39 is 0 Å². The average Bonchev–Trinajstić information content (AvgIpc) is 2.40. The van der Waals surface area contributed by atoms with E-state index in [0.29, 0.717) is 29.1 Å². The van der Waals surface area contributed by atoms with Gasteiger partial charge in [0.15, 0.2) is 5.78 Å². The number of carbonyl (C=O) groups excluding carboxylic acids is 1. The fourth-order valence-electron chi connectivity index (χ4n) is 1.87. The molecule has 0 aromatic heterocycles. The zero-order valence-corrected chi connectivity index (χ0v) is 10.7. The molecule has 2 nitrogen and oxygen atoms in total. The first-order valence-electron chi connectivity index (χ1n) is 5.80. The summed E-state index contributed by atoms with van der Waals surface area (Å²) in [4.78, 5) is 12.4. The maximum Gasteiger partial charge on any atom is 0.193 e. The quantitative estimate of drug-likeness (QED) is 0.858. The number of nitrogens with two attached hydrogens (primary N) is 1. The van der Waals surface area contributed by atoms with Crippen LogP contribution in [0.3, 0.4) is 0 Å². The molecule has 0 aliphatic heterocycles. The van der Waals surface area contributed by atoms with Gasteiger partial charge in [0.2, 0.25) is 0 Å². The first-order valence-corrected chi connectivity index (χ1v) is 6.18. The third kappa shape index (κ3) is 2.78. The van der Waals surface area contributed by atoms with Crippen molar-refractivity contribution in [1.29, 1.82) is 0 Å². The van der Waals surface area contributed by atoms with Gasteiger partial charge in [-0.25, -0.2) is 0 Å². The first-order chi connectivity index (χ1) is 8.72. The smallest absolute Gasteiger partial charge is 0.193 e. The van der Waals surface area contributed by atoms with E-state index in [1.807, 2.05) is 24.3 Å². The van der Waals surface area contributed by atoms with Gasteiger partial charge in [0.05, 0.1) is 0 Å². The van der Waals surface area contributed by atoms with Crippen LogP contribution in [0.15, 0.2) is 48.5 Å². The molecule has 0 aliphatic carbocycles. The van der Waals surface area contributed by atoms with E-state index in [0.717, 1.165) is 5.56 Å². The summed E-state index contributed by atoms with van der Waals surface area (Å²) >= 11 is 5.82. The molecule has 2 aromatic carbocycles. The summed E-state index contributed by atoms with van der Waals surface area (Å²) in [5, 5.41) is 0.627. The van der Waals surface area contributed by atoms with Crippen LogP contribution in [0.4, 0.5) is 0 Å². The van der Waals surface area contributed by atoms with Crippen molar-refractivity contribution in [1.82, 2.24) is 0 Å². The lowest BCUT2D eigenvalue weighted by Gasteiger charge is -2.07. The third-order valence-electron chi connectivity index (χ3n) is 2.78. The van der Waals surface area contributed by atoms with Crippen molar-refractivity contribution in [2.24, 2.45) is 5.73 Å². The SMILES string of the molecule is NCCc1ccccc1C(=O)c1ccc(Cl)cc1. The van der Waals surface area contributed by atoms with E-state index >= 15 is 0 Å². The summed E-state index contributed by atoms with van der Waals surface area (Å²) in [6.07, 6.45) is 0.704. The van der Waals surface area contributed by atoms with Crippen molar-refractivity contribution in [2.45, 2.75) is 6.42 Å². The van der Waals surface area contributed by atoms with E-state index in [1.54, 1.807) is 24.3 Å². The summed E-state index contributed by atoms with van der Waals surface area (Å²) in [6, 6.07) is 14.5. The van der Waals surface area contributed by atoms with Crippen LogP contribution in [0.1, 0.15) is 21.5 Å². The van der Waals surface area contributed by atoms with Crippen LogP contribution < -0.4 is 5.73 Å². The Hall–Kier alpha value is -1.64. The molecule has 2 rings (SSSR count). The van der Waals surface area contributed by atoms with Gasteiger partial charge in [-0.15, -0.1) is 0 Å². The normalized spacial score (nSPS) is 10.3. The number of ketones is 1. The highest BCUT2D eigenvalue weighted by atomic mass is 35.5. The van der Waals surface area contributed by atoms with Gasteiger partial charge in [-0.1, -0.05) is 35.9 Å². The summed E-state index contributed by atoms with van der Waals surface area (Å²) < 4.78 is 0.